The first-order chi connectivity index (χ1) is 9.08. The molecular formula is C14H18FN3O. The maximum Gasteiger partial charge on any atom is 0.130 e. The van der Waals surface area contributed by atoms with Crippen LogP contribution in [0.4, 0.5) is 4.39 Å². The largest absolute Gasteiger partial charge is 0.487 e. The van der Waals surface area contributed by atoms with Crippen LogP contribution in [-0.4, -0.2) is 16.8 Å². The summed E-state index contributed by atoms with van der Waals surface area (Å²) in [5.41, 5.74) is 2.76. The van der Waals surface area contributed by atoms with E-state index in [1.165, 1.54) is 12.1 Å². The van der Waals surface area contributed by atoms with Crippen molar-refractivity contribution in [1.29, 1.82) is 0 Å². The fraction of sp³-hybridized carbons (Fsp3) is 0.357. The van der Waals surface area contributed by atoms with E-state index in [9.17, 15) is 4.39 Å². The number of hydrogen-bond donors (Lipinski definition) is 1. The van der Waals surface area contributed by atoms with E-state index in [4.69, 9.17) is 4.74 Å². The van der Waals surface area contributed by atoms with Crippen molar-refractivity contribution in [3.63, 3.8) is 0 Å². The summed E-state index contributed by atoms with van der Waals surface area (Å²) < 4.78 is 20.8. The molecule has 0 saturated heterocycles. The molecule has 4 nitrogen and oxygen atoms in total. The molecule has 19 heavy (non-hydrogen) atoms. The molecule has 1 aromatic heterocycles. The third-order valence-electron chi connectivity index (χ3n) is 2.80. The molecule has 0 bridgehead atoms. The van der Waals surface area contributed by atoms with Gasteiger partial charge in [0.15, 0.2) is 0 Å². The summed E-state index contributed by atoms with van der Waals surface area (Å²) in [6, 6.07) is 6.68. The highest BCUT2D eigenvalue weighted by Gasteiger charge is 2.05. The normalized spacial score (nSPS) is 10.7. The van der Waals surface area contributed by atoms with Gasteiger partial charge >= 0.3 is 0 Å². The summed E-state index contributed by atoms with van der Waals surface area (Å²) in [5.74, 6) is 0.244. The highest BCUT2D eigenvalue weighted by Crippen LogP contribution is 2.18. The predicted octanol–water partition coefficient (Wildman–Crippen LogP) is 2.17. The van der Waals surface area contributed by atoms with E-state index in [1.54, 1.807) is 4.68 Å². The summed E-state index contributed by atoms with van der Waals surface area (Å²) in [6.07, 6.45) is 0. The Morgan fingerprint density at radius 3 is 2.74 bits per heavy atom. The molecule has 0 unspecified atom stereocenters. The molecular weight excluding hydrogens is 245 g/mol. The lowest BCUT2D eigenvalue weighted by atomic mass is 10.2. The Balaban J connectivity index is 2.08. The van der Waals surface area contributed by atoms with Gasteiger partial charge in [0.1, 0.15) is 18.2 Å². The third kappa shape index (κ3) is 3.54. The van der Waals surface area contributed by atoms with Gasteiger partial charge in [-0.25, -0.2) is 4.39 Å². The van der Waals surface area contributed by atoms with Crippen molar-refractivity contribution in [3.05, 3.63) is 47.0 Å². The smallest absolute Gasteiger partial charge is 0.130 e. The monoisotopic (exact) mass is 263 g/mol. The first-order valence-corrected chi connectivity index (χ1v) is 6.15. The van der Waals surface area contributed by atoms with Gasteiger partial charge in [0.25, 0.3) is 0 Å². The van der Waals surface area contributed by atoms with Crippen molar-refractivity contribution in [1.82, 2.24) is 15.1 Å². The van der Waals surface area contributed by atoms with Crippen molar-refractivity contribution >= 4 is 0 Å². The van der Waals surface area contributed by atoms with Crippen LogP contribution in [0.5, 0.6) is 5.75 Å². The summed E-state index contributed by atoms with van der Waals surface area (Å²) in [4.78, 5) is 0. The molecule has 0 aliphatic carbocycles. The Labute approximate surface area is 112 Å². The van der Waals surface area contributed by atoms with Crippen LogP contribution in [0.2, 0.25) is 0 Å². The molecule has 0 fully saturated rings. The van der Waals surface area contributed by atoms with Gasteiger partial charge in [0.2, 0.25) is 0 Å². The Bertz CT molecular complexity index is 566. The molecule has 0 aliphatic rings. The van der Waals surface area contributed by atoms with E-state index in [0.717, 1.165) is 17.0 Å². The summed E-state index contributed by atoms with van der Waals surface area (Å²) in [7, 11) is 3.69. The number of hydrogen-bond acceptors (Lipinski definition) is 3. The van der Waals surface area contributed by atoms with Crippen LogP contribution < -0.4 is 10.1 Å². The second kappa shape index (κ2) is 5.84. The van der Waals surface area contributed by atoms with Crippen molar-refractivity contribution in [2.24, 2.45) is 7.05 Å². The first kappa shape index (κ1) is 13.5. The minimum atomic E-state index is -0.288. The Morgan fingerprint density at radius 2 is 2.11 bits per heavy atom. The van der Waals surface area contributed by atoms with Gasteiger partial charge in [-0.15, -0.1) is 0 Å². The third-order valence-corrected chi connectivity index (χ3v) is 2.80. The second-order valence-electron chi connectivity index (χ2n) is 4.51. The molecule has 1 aromatic carbocycles. The van der Waals surface area contributed by atoms with Crippen molar-refractivity contribution in [3.8, 4) is 5.75 Å². The standard InChI is InChI=1S/C14H18FN3O/c1-10-4-13(18(3)17-10)9-19-14-6-11(8-16-2)5-12(15)7-14/h4-7,16H,8-9H2,1-3H3. The summed E-state index contributed by atoms with van der Waals surface area (Å²) >= 11 is 0. The van der Waals surface area contributed by atoms with Gasteiger partial charge in [-0.1, -0.05) is 0 Å². The summed E-state index contributed by atoms with van der Waals surface area (Å²) in [5, 5.41) is 7.23. The number of benzene rings is 1. The average molecular weight is 263 g/mol. The maximum absolute atomic E-state index is 13.4. The zero-order valence-corrected chi connectivity index (χ0v) is 11.4. The maximum atomic E-state index is 13.4. The fourth-order valence-electron chi connectivity index (χ4n) is 1.97. The molecule has 102 valence electrons. The van der Waals surface area contributed by atoms with E-state index >= 15 is 0 Å². The lowest BCUT2D eigenvalue weighted by Crippen LogP contribution is -2.06. The molecule has 0 atom stereocenters. The molecule has 0 saturated carbocycles. The van der Waals surface area contributed by atoms with Crippen molar-refractivity contribution in [2.45, 2.75) is 20.1 Å². The number of ether oxygens (including phenoxy) is 1. The van der Waals surface area contributed by atoms with E-state index < -0.39 is 0 Å². The quantitative estimate of drug-likeness (QED) is 0.898. The number of nitrogens with one attached hydrogen (secondary N) is 1. The van der Waals surface area contributed by atoms with Crippen LogP contribution >= 0.6 is 0 Å². The molecule has 1 heterocycles. The molecule has 2 aromatic rings. The second-order valence-corrected chi connectivity index (χ2v) is 4.51. The van der Waals surface area contributed by atoms with E-state index in [-0.39, 0.29) is 5.82 Å². The fourth-order valence-corrected chi connectivity index (χ4v) is 1.97. The van der Waals surface area contributed by atoms with Crippen LogP contribution in [0.15, 0.2) is 24.3 Å². The SMILES string of the molecule is CNCc1cc(F)cc(OCc2cc(C)nn2C)c1. The molecule has 0 aliphatic heterocycles. The molecule has 0 amide bonds. The summed E-state index contributed by atoms with van der Waals surface area (Å²) in [6.45, 7) is 2.91. The lowest BCUT2D eigenvalue weighted by Gasteiger charge is -2.08. The lowest BCUT2D eigenvalue weighted by molar-refractivity contribution is 0.293. The Morgan fingerprint density at radius 1 is 1.32 bits per heavy atom. The van der Waals surface area contributed by atoms with Gasteiger partial charge in [-0.2, -0.15) is 5.10 Å². The van der Waals surface area contributed by atoms with E-state index in [2.05, 4.69) is 10.4 Å². The molecule has 2 rings (SSSR count). The number of aromatic nitrogens is 2. The van der Waals surface area contributed by atoms with Crippen LogP contribution in [0.3, 0.4) is 0 Å². The minimum Gasteiger partial charge on any atom is -0.487 e. The number of aryl methyl sites for hydroxylation is 2. The molecule has 0 spiro atoms. The van der Waals surface area contributed by atoms with Crippen molar-refractivity contribution in [2.75, 3.05) is 7.05 Å². The van der Waals surface area contributed by atoms with E-state index in [0.29, 0.717) is 18.9 Å². The molecule has 1 N–H and O–H groups in total. The topological polar surface area (TPSA) is 39.1 Å². The average Bonchev–Trinajstić information content (AvgIpc) is 2.65. The zero-order chi connectivity index (χ0) is 13.8. The van der Waals surface area contributed by atoms with Crippen LogP contribution in [0.1, 0.15) is 17.0 Å². The van der Waals surface area contributed by atoms with Gasteiger partial charge in [-0.05, 0) is 37.7 Å². The zero-order valence-electron chi connectivity index (χ0n) is 11.4. The van der Waals surface area contributed by atoms with Crippen LogP contribution in [0.25, 0.3) is 0 Å². The highest BCUT2D eigenvalue weighted by molar-refractivity contribution is 5.29. The van der Waals surface area contributed by atoms with E-state index in [1.807, 2.05) is 33.2 Å². The van der Waals surface area contributed by atoms with Gasteiger partial charge in [0.05, 0.1) is 11.4 Å². The predicted molar refractivity (Wildman–Crippen MR) is 71.4 cm³/mol. The number of nitrogens with zero attached hydrogens (tertiary/aromatic N) is 2. The minimum absolute atomic E-state index is 0.288. The first-order valence-electron chi connectivity index (χ1n) is 6.15. The highest BCUT2D eigenvalue weighted by atomic mass is 19.1. The Kier molecular flexibility index (Phi) is 4.16. The molecule has 0 radical (unpaired) electrons. The number of rotatable bonds is 5. The Hall–Kier alpha value is -1.88. The molecule has 5 heteroatoms. The van der Waals surface area contributed by atoms with Gasteiger partial charge < -0.3 is 10.1 Å². The van der Waals surface area contributed by atoms with Crippen LogP contribution in [0, 0.1) is 12.7 Å². The number of halogens is 1. The van der Waals surface area contributed by atoms with Gasteiger partial charge in [-0.3, -0.25) is 4.68 Å². The van der Waals surface area contributed by atoms with Crippen molar-refractivity contribution < 1.29 is 9.13 Å². The van der Waals surface area contributed by atoms with Gasteiger partial charge in [0, 0.05) is 19.7 Å². The van der Waals surface area contributed by atoms with Crippen LogP contribution in [-0.2, 0) is 20.2 Å².